The number of hydrogen-bond donors (Lipinski definition) is 2. The van der Waals surface area contributed by atoms with E-state index in [1.807, 2.05) is 0 Å². The van der Waals surface area contributed by atoms with Crippen LogP contribution >= 0.6 is 11.3 Å². The van der Waals surface area contributed by atoms with Gasteiger partial charge in [0.05, 0.1) is 5.69 Å². The first kappa shape index (κ1) is 19.8. The van der Waals surface area contributed by atoms with Crippen LogP contribution in [-0.4, -0.2) is 44.3 Å². The van der Waals surface area contributed by atoms with E-state index < -0.39 is 0 Å². The van der Waals surface area contributed by atoms with E-state index in [-0.39, 0.29) is 0 Å². The second-order valence-electron chi connectivity index (χ2n) is 7.06. The number of nitrogens with one attached hydrogen (secondary N) is 2. The Morgan fingerprint density at radius 3 is 2.74 bits per heavy atom. The molecule has 1 aromatic carbocycles. The number of nitrogens with zero attached hydrogens (tertiary/aromatic N) is 2. The van der Waals surface area contributed by atoms with Gasteiger partial charge in [0.15, 0.2) is 5.96 Å². The quantitative estimate of drug-likeness (QED) is 0.372. The molecule has 0 saturated heterocycles. The third-order valence-electron chi connectivity index (χ3n) is 4.56. The molecule has 1 saturated carbocycles. The molecule has 2 aromatic rings. The fraction of sp³-hybridized carbons (Fsp3) is 0.524. The van der Waals surface area contributed by atoms with Gasteiger partial charge in [-0.05, 0) is 32.1 Å². The number of benzene rings is 1. The van der Waals surface area contributed by atoms with Crippen molar-refractivity contribution in [3.8, 4) is 10.6 Å². The number of ether oxygens (including phenoxy) is 1. The topological polar surface area (TPSA) is 58.5 Å². The molecule has 1 heterocycles. The van der Waals surface area contributed by atoms with Crippen LogP contribution in [0.3, 0.4) is 0 Å². The summed E-state index contributed by atoms with van der Waals surface area (Å²) in [7, 11) is 1.80. The second-order valence-corrected chi connectivity index (χ2v) is 7.92. The van der Waals surface area contributed by atoms with Crippen molar-refractivity contribution in [2.24, 2.45) is 10.9 Å². The molecule has 146 valence electrons. The van der Waals surface area contributed by atoms with E-state index in [4.69, 9.17) is 9.72 Å². The Hall–Kier alpha value is -1.92. The lowest BCUT2D eigenvalue weighted by Crippen LogP contribution is -2.39. The summed E-state index contributed by atoms with van der Waals surface area (Å²) in [5.41, 5.74) is 3.58. The van der Waals surface area contributed by atoms with Crippen LogP contribution < -0.4 is 10.6 Å². The van der Waals surface area contributed by atoms with Crippen molar-refractivity contribution in [3.05, 3.63) is 40.9 Å². The van der Waals surface area contributed by atoms with E-state index in [9.17, 15) is 0 Å². The van der Waals surface area contributed by atoms with Gasteiger partial charge in [-0.15, -0.1) is 11.3 Å². The molecule has 1 aliphatic rings. The molecule has 1 aliphatic carbocycles. The van der Waals surface area contributed by atoms with Gasteiger partial charge >= 0.3 is 0 Å². The first-order chi connectivity index (χ1) is 13.2. The zero-order chi connectivity index (χ0) is 18.9. The average molecular weight is 387 g/mol. The highest BCUT2D eigenvalue weighted by atomic mass is 32.1. The minimum Gasteiger partial charge on any atom is -0.381 e. The Labute approximate surface area is 166 Å². The minimum atomic E-state index is 0.814. The van der Waals surface area contributed by atoms with Crippen molar-refractivity contribution in [1.82, 2.24) is 15.6 Å². The highest BCUT2D eigenvalue weighted by Gasteiger charge is 2.20. The van der Waals surface area contributed by atoms with Crippen molar-refractivity contribution in [1.29, 1.82) is 0 Å². The fourth-order valence-corrected chi connectivity index (χ4v) is 3.56. The first-order valence-corrected chi connectivity index (χ1v) is 10.7. The van der Waals surface area contributed by atoms with E-state index in [0.717, 1.165) is 61.7 Å². The van der Waals surface area contributed by atoms with Crippen LogP contribution in [0.2, 0.25) is 0 Å². The van der Waals surface area contributed by atoms with Gasteiger partial charge in [-0.2, -0.15) is 0 Å². The van der Waals surface area contributed by atoms with E-state index in [0.29, 0.717) is 0 Å². The molecule has 5 nitrogen and oxygen atoms in total. The molecule has 1 aromatic heterocycles. The molecule has 0 amide bonds. The highest BCUT2D eigenvalue weighted by Crippen LogP contribution is 2.28. The van der Waals surface area contributed by atoms with Gasteiger partial charge in [-0.25, -0.2) is 4.98 Å². The van der Waals surface area contributed by atoms with E-state index >= 15 is 0 Å². The SMILES string of the molecule is CN=C(NCCCOCC1CC1)NCCc1csc(-c2ccc(C)cc2)n1. The largest absolute Gasteiger partial charge is 0.381 e. The molecule has 6 heteroatoms. The van der Waals surface area contributed by atoms with Gasteiger partial charge in [-0.3, -0.25) is 4.99 Å². The number of hydrogen-bond acceptors (Lipinski definition) is 4. The number of aliphatic imine (C=N–C) groups is 1. The molecule has 0 radical (unpaired) electrons. The Morgan fingerprint density at radius 1 is 1.22 bits per heavy atom. The number of guanidine groups is 1. The number of thiazole rings is 1. The lowest BCUT2D eigenvalue weighted by Gasteiger charge is -2.11. The normalized spacial score (nSPS) is 14.4. The van der Waals surface area contributed by atoms with Gasteiger partial charge in [0.2, 0.25) is 0 Å². The van der Waals surface area contributed by atoms with Crippen LogP contribution in [-0.2, 0) is 11.2 Å². The zero-order valence-electron chi connectivity index (χ0n) is 16.3. The van der Waals surface area contributed by atoms with Crippen molar-refractivity contribution in [2.75, 3.05) is 33.4 Å². The smallest absolute Gasteiger partial charge is 0.190 e. The third-order valence-corrected chi connectivity index (χ3v) is 5.50. The maximum Gasteiger partial charge on any atom is 0.190 e. The molecule has 0 aliphatic heterocycles. The molecule has 0 bridgehead atoms. The molecule has 2 N–H and O–H groups in total. The number of aromatic nitrogens is 1. The lowest BCUT2D eigenvalue weighted by atomic mass is 10.2. The first-order valence-electron chi connectivity index (χ1n) is 9.78. The van der Waals surface area contributed by atoms with Crippen LogP contribution in [0.15, 0.2) is 34.6 Å². The molecule has 0 atom stereocenters. The van der Waals surface area contributed by atoms with Crippen molar-refractivity contribution in [2.45, 2.75) is 32.6 Å². The van der Waals surface area contributed by atoms with Crippen LogP contribution in [0.25, 0.3) is 10.6 Å². The summed E-state index contributed by atoms with van der Waals surface area (Å²) in [6.45, 7) is 5.55. The van der Waals surface area contributed by atoms with Gasteiger partial charge in [0, 0.05) is 50.7 Å². The van der Waals surface area contributed by atoms with E-state index in [2.05, 4.69) is 52.2 Å². The van der Waals surface area contributed by atoms with Gasteiger partial charge in [0.25, 0.3) is 0 Å². The summed E-state index contributed by atoms with van der Waals surface area (Å²) in [5, 5.41) is 9.92. The van der Waals surface area contributed by atoms with Crippen LogP contribution in [0.5, 0.6) is 0 Å². The summed E-state index contributed by atoms with van der Waals surface area (Å²) in [6, 6.07) is 8.53. The molecular weight excluding hydrogens is 356 g/mol. The zero-order valence-corrected chi connectivity index (χ0v) is 17.1. The standard InChI is InChI=1S/C21H30N4OS/c1-16-4-8-18(9-5-16)20-25-19(15-27-20)10-12-24-21(22-2)23-11-3-13-26-14-17-6-7-17/h4-5,8-9,15,17H,3,6-7,10-14H2,1-2H3,(H2,22,23,24). The Bertz CT molecular complexity index is 722. The molecule has 0 spiro atoms. The monoisotopic (exact) mass is 386 g/mol. The summed E-state index contributed by atoms with van der Waals surface area (Å²) in [5.74, 6) is 1.68. The summed E-state index contributed by atoms with van der Waals surface area (Å²) in [4.78, 5) is 9.02. The lowest BCUT2D eigenvalue weighted by molar-refractivity contribution is 0.123. The predicted molar refractivity (Wildman–Crippen MR) is 114 cm³/mol. The molecule has 3 rings (SSSR count). The van der Waals surface area contributed by atoms with Gasteiger partial charge in [-0.1, -0.05) is 29.8 Å². The number of aryl methyl sites for hydroxylation is 1. The van der Waals surface area contributed by atoms with Gasteiger partial charge in [0.1, 0.15) is 5.01 Å². The van der Waals surface area contributed by atoms with Gasteiger partial charge < -0.3 is 15.4 Å². The molecule has 27 heavy (non-hydrogen) atoms. The van der Waals surface area contributed by atoms with Crippen molar-refractivity contribution < 1.29 is 4.74 Å². The third kappa shape index (κ3) is 6.96. The summed E-state index contributed by atoms with van der Waals surface area (Å²) >= 11 is 1.70. The maximum absolute atomic E-state index is 5.65. The van der Waals surface area contributed by atoms with E-state index in [1.165, 1.54) is 24.0 Å². The predicted octanol–water partition coefficient (Wildman–Crippen LogP) is 3.64. The number of rotatable bonds is 10. The van der Waals surface area contributed by atoms with Crippen LogP contribution in [0.4, 0.5) is 0 Å². The maximum atomic E-state index is 5.65. The molecule has 1 fully saturated rings. The Morgan fingerprint density at radius 2 is 2.00 bits per heavy atom. The highest BCUT2D eigenvalue weighted by molar-refractivity contribution is 7.13. The van der Waals surface area contributed by atoms with Crippen molar-refractivity contribution >= 4 is 17.3 Å². The van der Waals surface area contributed by atoms with Crippen LogP contribution in [0.1, 0.15) is 30.5 Å². The average Bonchev–Trinajstić information content (AvgIpc) is 3.39. The fourth-order valence-electron chi connectivity index (χ4n) is 2.70. The summed E-state index contributed by atoms with van der Waals surface area (Å²) in [6.07, 6.45) is 4.58. The Kier molecular flexibility index (Phi) is 7.66. The molecular formula is C21H30N4OS. The second kappa shape index (κ2) is 10.4. The van der Waals surface area contributed by atoms with Crippen molar-refractivity contribution in [3.63, 3.8) is 0 Å². The van der Waals surface area contributed by atoms with E-state index in [1.54, 1.807) is 18.4 Å². The minimum absolute atomic E-state index is 0.814. The van der Waals surface area contributed by atoms with Crippen LogP contribution in [0, 0.1) is 12.8 Å². The summed E-state index contributed by atoms with van der Waals surface area (Å²) < 4.78 is 5.65. The molecule has 0 unspecified atom stereocenters. The Balaban J connectivity index is 1.32.